The normalized spacial score (nSPS) is 11.0. The first-order valence-corrected chi connectivity index (χ1v) is 6.99. The number of aryl methyl sites for hydroxylation is 2. The number of amides is 1. The van der Waals surface area contributed by atoms with Crippen LogP contribution in [0.15, 0.2) is 35.4 Å². The fourth-order valence-electron chi connectivity index (χ4n) is 3.00. The van der Waals surface area contributed by atoms with Gasteiger partial charge in [-0.05, 0) is 42.7 Å². The minimum Gasteiger partial charge on any atom is -0.366 e. The van der Waals surface area contributed by atoms with Crippen LogP contribution in [0.2, 0.25) is 0 Å². The molecule has 22 heavy (non-hydrogen) atoms. The fourth-order valence-corrected chi connectivity index (χ4v) is 3.00. The lowest BCUT2D eigenvalue weighted by Crippen LogP contribution is -2.17. The fraction of sp³-hybridized carbons (Fsp3) is 0.176. The van der Waals surface area contributed by atoms with Crippen molar-refractivity contribution < 1.29 is 4.79 Å². The summed E-state index contributed by atoms with van der Waals surface area (Å²) in [6, 6.07) is 5.50. The Labute approximate surface area is 127 Å². The van der Waals surface area contributed by atoms with Crippen LogP contribution >= 0.6 is 0 Å². The molecule has 0 bridgehead atoms. The highest BCUT2D eigenvalue weighted by molar-refractivity contribution is 6.00. The summed E-state index contributed by atoms with van der Waals surface area (Å²) in [6.07, 6.45) is 3.55. The van der Waals surface area contributed by atoms with E-state index in [0.717, 1.165) is 27.6 Å². The van der Waals surface area contributed by atoms with Crippen molar-refractivity contribution in [2.24, 2.45) is 12.8 Å². The van der Waals surface area contributed by atoms with Gasteiger partial charge in [-0.25, -0.2) is 0 Å². The third-order valence-corrected chi connectivity index (χ3v) is 4.10. The first kappa shape index (κ1) is 14.1. The summed E-state index contributed by atoms with van der Waals surface area (Å²) in [5.74, 6) is -0.450. The van der Waals surface area contributed by atoms with Gasteiger partial charge in [-0.2, -0.15) is 0 Å². The molecule has 0 unspecified atom stereocenters. The van der Waals surface area contributed by atoms with Gasteiger partial charge in [-0.1, -0.05) is 6.07 Å². The molecule has 2 heterocycles. The van der Waals surface area contributed by atoms with E-state index in [0.29, 0.717) is 11.1 Å². The van der Waals surface area contributed by atoms with Crippen molar-refractivity contribution in [2.75, 3.05) is 0 Å². The summed E-state index contributed by atoms with van der Waals surface area (Å²) in [7, 11) is 1.72. The Morgan fingerprint density at radius 2 is 1.95 bits per heavy atom. The number of primary amides is 1. The molecule has 1 amide bonds. The molecule has 2 aromatic heterocycles. The number of carbonyl (C=O) groups excluding carboxylic acids is 1. The molecule has 0 aliphatic carbocycles. The Kier molecular flexibility index (Phi) is 3.13. The minimum atomic E-state index is -0.450. The van der Waals surface area contributed by atoms with Crippen molar-refractivity contribution in [1.29, 1.82) is 0 Å². The molecule has 0 aliphatic rings. The van der Waals surface area contributed by atoms with Crippen LogP contribution in [0.4, 0.5) is 0 Å². The molecule has 3 N–H and O–H groups in total. The number of hydrogen-bond donors (Lipinski definition) is 2. The van der Waals surface area contributed by atoms with Crippen LogP contribution in [-0.4, -0.2) is 15.5 Å². The molecule has 0 aliphatic heterocycles. The van der Waals surface area contributed by atoms with E-state index in [1.54, 1.807) is 30.1 Å². The number of benzene rings is 1. The van der Waals surface area contributed by atoms with Gasteiger partial charge in [-0.3, -0.25) is 9.59 Å². The predicted molar refractivity (Wildman–Crippen MR) is 87.0 cm³/mol. The molecule has 112 valence electrons. The van der Waals surface area contributed by atoms with Crippen LogP contribution in [0, 0.1) is 13.8 Å². The molecule has 5 nitrogen and oxygen atoms in total. The summed E-state index contributed by atoms with van der Waals surface area (Å²) in [5, 5.41) is 0.843. The van der Waals surface area contributed by atoms with Gasteiger partial charge in [0.05, 0.1) is 0 Å². The highest BCUT2D eigenvalue weighted by atomic mass is 16.1. The SMILES string of the molecule is Cc1ccc(C(N)=O)c(C)c1-c1cn(C)c(=O)c2[nH]ccc12. The van der Waals surface area contributed by atoms with Crippen molar-refractivity contribution >= 4 is 16.8 Å². The maximum absolute atomic E-state index is 12.2. The van der Waals surface area contributed by atoms with Gasteiger partial charge < -0.3 is 15.3 Å². The van der Waals surface area contributed by atoms with E-state index in [9.17, 15) is 9.59 Å². The largest absolute Gasteiger partial charge is 0.366 e. The first-order chi connectivity index (χ1) is 10.4. The van der Waals surface area contributed by atoms with Gasteiger partial charge >= 0.3 is 0 Å². The standard InChI is InChI=1S/C17H17N3O2/c1-9-4-5-11(16(18)21)10(2)14(9)13-8-20(3)17(22)15-12(13)6-7-19-15/h4-8,19H,1-3H3,(H2,18,21). The molecule has 3 rings (SSSR count). The number of pyridine rings is 1. The number of carbonyl (C=O) groups is 1. The Balaban J connectivity index is 2.45. The molecule has 0 spiro atoms. The van der Waals surface area contributed by atoms with Gasteiger partial charge in [0.2, 0.25) is 5.91 Å². The van der Waals surface area contributed by atoms with Crippen molar-refractivity contribution in [3.05, 3.63) is 57.6 Å². The topological polar surface area (TPSA) is 80.9 Å². The Hall–Kier alpha value is -2.82. The molecule has 5 heteroatoms. The summed E-state index contributed by atoms with van der Waals surface area (Å²) in [4.78, 5) is 26.8. The molecule has 0 saturated heterocycles. The average molecular weight is 295 g/mol. The van der Waals surface area contributed by atoms with E-state index in [2.05, 4.69) is 4.98 Å². The molecule has 0 atom stereocenters. The van der Waals surface area contributed by atoms with Crippen molar-refractivity contribution in [1.82, 2.24) is 9.55 Å². The van der Waals surface area contributed by atoms with Gasteiger partial charge in [0, 0.05) is 36.0 Å². The maximum Gasteiger partial charge on any atom is 0.274 e. The monoisotopic (exact) mass is 295 g/mol. The molecule has 0 fully saturated rings. The molecular formula is C17H17N3O2. The number of nitrogens with one attached hydrogen (secondary N) is 1. The maximum atomic E-state index is 12.2. The van der Waals surface area contributed by atoms with Crippen LogP contribution in [0.25, 0.3) is 22.0 Å². The van der Waals surface area contributed by atoms with E-state index in [-0.39, 0.29) is 5.56 Å². The number of nitrogens with two attached hydrogens (primary N) is 1. The quantitative estimate of drug-likeness (QED) is 0.760. The first-order valence-electron chi connectivity index (χ1n) is 6.99. The number of fused-ring (bicyclic) bond motifs is 1. The van der Waals surface area contributed by atoms with E-state index in [1.807, 2.05) is 26.0 Å². The Morgan fingerprint density at radius 3 is 2.64 bits per heavy atom. The smallest absolute Gasteiger partial charge is 0.274 e. The third-order valence-electron chi connectivity index (χ3n) is 4.10. The van der Waals surface area contributed by atoms with Crippen LogP contribution in [0.3, 0.4) is 0 Å². The minimum absolute atomic E-state index is 0.0786. The average Bonchev–Trinajstić information content (AvgIpc) is 2.93. The van der Waals surface area contributed by atoms with Crippen LogP contribution < -0.4 is 11.3 Å². The Morgan fingerprint density at radius 1 is 1.23 bits per heavy atom. The van der Waals surface area contributed by atoms with Crippen LogP contribution in [0.1, 0.15) is 21.5 Å². The zero-order valence-electron chi connectivity index (χ0n) is 12.7. The third kappa shape index (κ3) is 1.94. The Bertz CT molecular complexity index is 964. The zero-order valence-corrected chi connectivity index (χ0v) is 12.7. The van der Waals surface area contributed by atoms with E-state index >= 15 is 0 Å². The van der Waals surface area contributed by atoms with E-state index in [4.69, 9.17) is 5.73 Å². The molecule has 3 aromatic rings. The molecular weight excluding hydrogens is 278 g/mol. The van der Waals surface area contributed by atoms with Crippen LogP contribution in [-0.2, 0) is 7.05 Å². The molecule has 0 radical (unpaired) electrons. The summed E-state index contributed by atoms with van der Waals surface area (Å²) < 4.78 is 1.55. The molecule has 0 saturated carbocycles. The lowest BCUT2D eigenvalue weighted by molar-refractivity contribution is 0.1000. The van der Waals surface area contributed by atoms with Crippen molar-refractivity contribution in [3.8, 4) is 11.1 Å². The predicted octanol–water partition coefficient (Wildman–Crippen LogP) is 2.25. The number of aromatic amines is 1. The summed E-state index contributed by atoms with van der Waals surface area (Å²) >= 11 is 0. The number of rotatable bonds is 2. The van der Waals surface area contributed by atoms with Crippen LogP contribution in [0.5, 0.6) is 0 Å². The lowest BCUT2D eigenvalue weighted by Gasteiger charge is -2.15. The van der Waals surface area contributed by atoms with E-state index < -0.39 is 5.91 Å². The zero-order chi connectivity index (χ0) is 16.0. The van der Waals surface area contributed by atoms with Crippen molar-refractivity contribution in [3.63, 3.8) is 0 Å². The van der Waals surface area contributed by atoms with Gasteiger partial charge in [0.25, 0.3) is 5.56 Å². The van der Waals surface area contributed by atoms with Gasteiger partial charge in [-0.15, -0.1) is 0 Å². The van der Waals surface area contributed by atoms with Gasteiger partial charge in [0.15, 0.2) is 0 Å². The second-order valence-corrected chi connectivity index (χ2v) is 5.52. The number of hydrogen-bond acceptors (Lipinski definition) is 2. The van der Waals surface area contributed by atoms with E-state index in [1.165, 1.54) is 0 Å². The van der Waals surface area contributed by atoms with Crippen molar-refractivity contribution in [2.45, 2.75) is 13.8 Å². The highest BCUT2D eigenvalue weighted by Gasteiger charge is 2.17. The highest BCUT2D eigenvalue weighted by Crippen LogP contribution is 2.33. The lowest BCUT2D eigenvalue weighted by atomic mass is 9.91. The second-order valence-electron chi connectivity index (χ2n) is 5.52. The van der Waals surface area contributed by atoms with Gasteiger partial charge in [0.1, 0.15) is 5.52 Å². The number of nitrogens with zero attached hydrogens (tertiary/aromatic N) is 1. The number of aromatic nitrogens is 2. The number of H-pyrrole nitrogens is 1. The summed E-state index contributed by atoms with van der Waals surface area (Å²) in [5.41, 5.74) is 10.1. The second kappa shape index (κ2) is 4.87. The summed E-state index contributed by atoms with van der Waals surface area (Å²) in [6.45, 7) is 3.86. The molecule has 1 aromatic carbocycles.